The largest absolute Gasteiger partial charge is 0.497 e. The predicted octanol–water partition coefficient (Wildman–Crippen LogP) is 3.53. The summed E-state index contributed by atoms with van der Waals surface area (Å²) in [5.74, 6) is 1.63. The van der Waals surface area contributed by atoms with Gasteiger partial charge in [0.25, 0.3) is 5.91 Å². The molecular weight excluding hydrogens is 294 g/mol. The zero-order chi connectivity index (χ0) is 16.8. The number of hydrogen-bond donors (Lipinski definition) is 1. The van der Waals surface area contributed by atoms with Gasteiger partial charge in [-0.1, -0.05) is 13.0 Å². The second-order valence-corrected chi connectivity index (χ2v) is 4.90. The lowest BCUT2D eigenvalue weighted by Crippen LogP contribution is -2.14. The second kappa shape index (κ2) is 7.54. The minimum absolute atomic E-state index is 0.198. The number of ether oxygens (including phenoxy) is 3. The number of rotatable bonds is 6. The molecule has 0 atom stereocenters. The van der Waals surface area contributed by atoms with E-state index >= 15 is 0 Å². The fourth-order valence-corrected chi connectivity index (χ4v) is 2.32. The summed E-state index contributed by atoms with van der Waals surface area (Å²) in [5.41, 5.74) is 2.13. The molecule has 0 fully saturated rings. The molecule has 0 heterocycles. The van der Waals surface area contributed by atoms with Crippen LogP contribution >= 0.6 is 0 Å². The molecule has 0 bridgehead atoms. The van der Waals surface area contributed by atoms with Gasteiger partial charge >= 0.3 is 0 Å². The van der Waals surface area contributed by atoms with Gasteiger partial charge < -0.3 is 19.5 Å². The quantitative estimate of drug-likeness (QED) is 0.886. The summed E-state index contributed by atoms with van der Waals surface area (Å²) in [6, 6.07) is 10.8. The van der Waals surface area contributed by atoms with Crippen molar-refractivity contribution in [2.75, 3.05) is 26.6 Å². The molecule has 0 aromatic heterocycles. The van der Waals surface area contributed by atoms with E-state index in [-0.39, 0.29) is 5.91 Å². The van der Waals surface area contributed by atoms with Gasteiger partial charge in [0.15, 0.2) is 11.5 Å². The zero-order valence-corrected chi connectivity index (χ0v) is 13.8. The summed E-state index contributed by atoms with van der Waals surface area (Å²) in [6.45, 7) is 1.99. The highest BCUT2D eigenvalue weighted by atomic mass is 16.5. The summed E-state index contributed by atoms with van der Waals surface area (Å²) >= 11 is 0. The van der Waals surface area contributed by atoms with Crippen molar-refractivity contribution in [3.05, 3.63) is 47.5 Å². The minimum Gasteiger partial charge on any atom is -0.497 e. The fourth-order valence-electron chi connectivity index (χ4n) is 2.32. The Hall–Kier alpha value is -2.69. The molecule has 2 aromatic carbocycles. The number of aryl methyl sites for hydroxylation is 1. The van der Waals surface area contributed by atoms with Gasteiger partial charge in [0.05, 0.1) is 21.3 Å². The van der Waals surface area contributed by atoms with E-state index in [1.165, 1.54) is 0 Å². The molecule has 0 unspecified atom stereocenters. The van der Waals surface area contributed by atoms with Gasteiger partial charge in [-0.25, -0.2) is 0 Å². The number of methoxy groups -OCH3 is 3. The van der Waals surface area contributed by atoms with Crippen LogP contribution < -0.4 is 19.5 Å². The number of hydrogen-bond acceptors (Lipinski definition) is 4. The molecule has 0 aliphatic heterocycles. The van der Waals surface area contributed by atoms with Crippen molar-refractivity contribution in [3.63, 3.8) is 0 Å². The van der Waals surface area contributed by atoms with Crippen LogP contribution in [0.2, 0.25) is 0 Å². The summed E-state index contributed by atoms with van der Waals surface area (Å²) in [5, 5.41) is 2.88. The topological polar surface area (TPSA) is 56.8 Å². The Morgan fingerprint density at radius 2 is 1.70 bits per heavy atom. The molecular formula is C18H21NO4. The van der Waals surface area contributed by atoms with E-state index in [1.807, 2.05) is 31.2 Å². The SMILES string of the molecule is CCc1cc(OC)c(OC)cc1C(=O)Nc1cccc(OC)c1. The summed E-state index contributed by atoms with van der Waals surface area (Å²) in [4.78, 5) is 12.6. The third kappa shape index (κ3) is 3.74. The van der Waals surface area contributed by atoms with Crippen molar-refractivity contribution in [2.45, 2.75) is 13.3 Å². The van der Waals surface area contributed by atoms with Crippen LogP contribution in [-0.2, 0) is 6.42 Å². The molecule has 0 aliphatic carbocycles. The van der Waals surface area contributed by atoms with Crippen LogP contribution in [0.1, 0.15) is 22.8 Å². The van der Waals surface area contributed by atoms with Gasteiger partial charge in [0.2, 0.25) is 0 Å². The zero-order valence-electron chi connectivity index (χ0n) is 13.8. The average molecular weight is 315 g/mol. The van der Waals surface area contributed by atoms with Crippen LogP contribution in [0.15, 0.2) is 36.4 Å². The number of benzene rings is 2. The maximum absolute atomic E-state index is 12.6. The van der Waals surface area contributed by atoms with E-state index in [0.29, 0.717) is 34.9 Å². The van der Waals surface area contributed by atoms with E-state index in [4.69, 9.17) is 14.2 Å². The molecule has 5 nitrogen and oxygen atoms in total. The van der Waals surface area contributed by atoms with E-state index in [1.54, 1.807) is 33.5 Å². The molecule has 23 heavy (non-hydrogen) atoms. The monoisotopic (exact) mass is 315 g/mol. The lowest BCUT2D eigenvalue weighted by atomic mass is 10.0. The van der Waals surface area contributed by atoms with E-state index in [9.17, 15) is 4.79 Å². The fraction of sp³-hybridized carbons (Fsp3) is 0.278. The van der Waals surface area contributed by atoms with Crippen molar-refractivity contribution < 1.29 is 19.0 Å². The predicted molar refractivity (Wildman–Crippen MR) is 89.9 cm³/mol. The van der Waals surface area contributed by atoms with Gasteiger partial charge in [0.1, 0.15) is 5.75 Å². The Kier molecular flexibility index (Phi) is 5.46. The molecule has 0 radical (unpaired) electrons. The molecule has 0 saturated heterocycles. The third-order valence-electron chi connectivity index (χ3n) is 3.56. The average Bonchev–Trinajstić information content (AvgIpc) is 2.60. The van der Waals surface area contributed by atoms with Crippen LogP contribution in [0.3, 0.4) is 0 Å². The normalized spacial score (nSPS) is 10.1. The molecule has 122 valence electrons. The van der Waals surface area contributed by atoms with Crippen LogP contribution in [0.4, 0.5) is 5.69 Å². The summed E-state index contributed by atoms with van der Waals surface area (Å²) in [7, 11) is 4.71. The molecule has 2 aromatic rings. The Labute approximate surface area is 136 Å². The van der Waals surface area contributed by atoms with E-state index < -0.39 is 0 Å². The first-order chi connectivity index (χ1) is 11.1. The maximum Gasteiger partial charge on any atom is 0.256 e. The molecule has 5 heteroatoms. The van der Waals surface area contributed by atoms with Crippen molar-refractivity contribution in [1.29, 1.82) is 0 Å². The highest BCUT2D eigenvalue weighted by Gasteiger charge is 2.16. The van der Waals surface area contributed by atoms with Crippen molar-refractivity contribution >= 4 is 11.6 Å². The van der Waals surface area contributed by atoms with Crippen LogP contribution in [0, 0.1) is 0 Å². The van der Waals surface area contributed by atoms with Crippen LogP contribution in [0.25, 0.3) is 0 Å². The molecule has 0 aliphatic rings. The molecule has 0 saturated carbocycles. The molecule has 1 N–H and O–H groups in total. The van der Waals surface area contributed by atoms with Crippen molar-refractivity contribution in [2.24, 2.45) is 0 Å². The highest BCUT2D eigenvalue weighted by molar-refractivity contribution is 6.05. The molecule has 0 spiro atoms. The van der Waals surface area contributed by atoms with Crippen molar-refractivity contribution in [3.8, 4) is 17.2 Å². The standard InChI is InChI=1S/C18H21NO4/c1-5-12-9-16(22-3)17(23-4)11-15(12)18(20)19-13-7-6-8-14(10-13)21-2/h6-11H,5H2,1-4H3,(H,19,20). The number of carbonyl (C=O) groups excluding carboxylic acids is 1. The number of nitrogens with one attached hydrogen (secondary N) is 1. The van der Waals surface area contributed by atoms with Gasteiger partial charge in [-0.2, -0.15) is 0 Å². The van der Waals surface area contributed by atoms with Gasteiger partial charge in [-0.15, -0.1) is 0 Å². The first-order valence-corrected chi connectivity index (χ1v) is 7.33. The van der Waals surface area contributed by atoms with Gasteiger partial charge in [-0.05, 0) is 36.2 Å². The number of anilines is 1. The first kappa shape index (κ1) is 16.7. The lowest BCUT2D eigenvalue weighted by molar-refractivity contribution is 0.102. The summed E-state index contributed by atoms with van der Waals surface area (Å²) < 4.78 is 15.7. The Bertz CT molecular complexity index is 697. The second-order valence-electron chi connectivity index (χ2n) is 4.90. The van der Waals surface area contributed by atoms with E-state index in [0.717, 1.165) is 5.56 Å². The Balaban J connectivity index is 2.34. The van der Waals surface area contributed by atoms with Crippen molar-refractivity contribution in [1.82, 2.24) is 0 Å². The Morgan fingerprint density at radius 1 is 1.00 bits per heavy atom. The highest BCUT2D eigenvalue weighted by Crippen LogP contribution is 2.31. The van der Waals surface area contributed by atoms with Gasteiger partial charge in [-0.3, -0.25) is 4.79 Å². The minimum atomic E-state index is -0.198. The first-order valence-electron chi connectivity index (χ1n) is 7.33. The number of carbonyl (C=O) groups is 1. The maximum atomic E-state index is 12.6. The van der Waals surface area contributed by atoms with Gasteiger partial charge in [0, 0.05) is 17.3 Å². The van der Waals surface area contributed by atoms with Crippen LogP contribution in [-0.4, -0.2) is 27.2 Å². The summed E-state index contributed by atoms with van der Waals surface area (Å²) in [6.07, 6.45) is 0.710. The third-order valence-corrected chi connectivity index (χ3v) is 3.56. The smallest absolute Gasteiger partial charge is 0.256 e. The van der Waals surface area contributed by atoms with Crippen LogP contribution in [0.5, 0.6) is 17.2 Å². The van der Waals surface area contributed by atoms with E-state index in [2.05, 4.69) is 5.32 Å². The lowest BCUT2D eigenvalue weighted by Gasteiger charge is -2.14. The number of amides is 1. The Morgan fingerprint density at radius 3 is 2.30 bits per heavy atom. The molecule has 1 amide bonds. The molecule has 2 rings (SSSR count).